The molecule has 168 valence electrons. The summed E-state index contributed by atoms with van der Waals surface area (Å²) < 4.78 is 34.3. The van der Waals surface area contributed by atoms with Gasteiger partial charge in [-0.3, -0.25) is 0 Å². The molecule has 2 aliphatic rings. The minimum atomic E-state index is -2.93. The molecule has 1 aromatic rings. The number of anilines is 2. The lowest BCUT2D eigenvalue weighted by Crippen LogP contribution is -2.50. The smallest absolute Gasteiger partial charge is 0.410 e. The van der Waals surface area contributed by atoms with E-state index in [-0.39, 0.29) is 30.6 Å². The molecular weight excluding hydrogens is 392 g/mol. The van der Waals surface area contributed by atoms with Gasteiger partial charge in [0, 0.05) is 44.7 Å². The van der Waals surface area contributed by atoms with Crippen molar-refractivity contribution in [1.29, 1.82) is 0 Å². The summed E-state index contributed by atoms with van der Waals surface area (Å²) in [6, 6.07) is 0. The van der Waals surface area contributed by atoms with E-state index in [2.05, 4.69) is 29.1 Å². The van der Waals surface area contributed by atoms with Gasteiger partial charge in [-0.25, -0.2) is 9.78 Å². The molecule has 1 aliphatic carbocycles. The first kappa shape index (κ1) is 22.5. The van der Waals surface area contributed by atoms with Crippen molar-refractivity contribution in [2.24, 2.45) is 5.92 Å². The number of amides is 1. The number of nitrogens with one attached hydrogen (secondary N) is 1. The molecule has 1 aromatic heterocycles. The number of alkyl halides is 2. The van der Waals surface area contributed by atoms with E-state index in [9.17, 15) is 13.6 Å². The number of aromatic nitrogens is 2. The maximum absolute atomic E-state index is 14.4. The van der Waals surface area contributed by atoms with Crippen LogP contribution in [-0.2, 0) is 17.1 Å². The topological polar surface area (TPSA) is 70.6 Å². The van der Waals surface area contributed by atoms with Gasteiger partial charge in [0.05, 0.1) is 0 Å². The molecule has 1 saturated heterocycles. The number of carbonyl (C=O) groups is 1. The summed E-state index contributed by atoms with van der Waals surface area (Å²) in [5.74, 6) is -1.62. The van der Waals surface area contributed by atoms with E-state index in [4.69, 9.17) is 4.74 Å². The van der Waals surface area contributed by atoms with Crippen LogP contribution >= 0.6 is 0 Å². The quantitative estimate of drug-likeness (QED) is 0.768. The van der Waals surface area contributed by atoms with Crippen molar-refractivity contribution < 1.29 is 18.3 Å². The van der Waals surface area contributed by atoms with Crippen molar-refractivity contribution in [3.05, 3.63) is 11.3 Å². The number of carbonyl (C=O) groups excluding carboxylic acids is 1. The van der Waals surface area contributed by atoms with Crippen molar-refractivity contribution in [3.63, 3.8) is 0 Å². The summed E-state index contributed by atoms with van der Waals surface area (Å²) >= 11 is 0. The lowest BCUT2D eigenvalue weighted by molar-refractivity contribution is -0.00588. The Morgan fingerprint density at radius 3 is 2.47 bits per heavy atom. The second-order valence-electron chi connectivity index (χ2n) is 9.47. The zero-order chi connectivity index (χ0) is 22.1. The van der Waals surface area contributed by atoms with Crippen LogP contribution in [0.25, 0.3) is 0 Å². The zero-order valence-corrected chi connectivity index (χ0v) is 18.6. The van der Waals surface area contributed by atoms with Crippen LogP contribution in [0.4, 0.5) is 25.3 Å². The summed E-state index contributed by atoms with van der Waals surface area (Å²) in [4.78, 5) is 24.7. The molecule has 30 heavy (non-hydrogen) atoms. The first-order valence-corrected chi connectivity index (χ1v) is 10.7. The van der Waals surface area contributed by atoms with Gasteiger partial charge in [-0.1, -0.05) is 13.8 Å². The molecule has 0 aromatic carbocycles. The molecule has 2 heterocycles. The fraction of sp³-hybridized carbons (Fsp3) is 0.762. The van der Waals surface area contributed by atoms with Gasteiger partial charge in [0.1, 0.15) is 17.1 Å². The molecule has 0 spiro atoms. The van der Waals surface area contributed by atoms with Crippen molar-refractivity contribution in [1.82, 2.24) is 14.9 Å². The number of piperazine rings is 1. The molecule has 0 unspecified atom stereocenters. The maximum Gasteiger partial charge on any atom is 0.410 e. The van der Waals surface area contributed by atoms with Crippen molar-refractivity contribution >= 4 is 17.9 Å². The summed E-state index contributed by atoms with van der Waals surface area (Å²) in [5, 5.41) is 3.11. The first-order valence-electron chi connectivity index (χ1n) is 10.7. The largest absolute Gasteiger partial charge is 0.444 e. The number of halogens is 2. The normalized spacial score (nSPS) is 18.5. The Hall–Kier alpha value is -2.19. The minimum absolute atomic E-state index is 0.158. The molecule has 3 rings (SSSR count). The van der Waals surface area contributed by atoms with Gasteiger partial charge >= 0.3 is 6.09 Å². The molecule has 1 aliphatic heterocycles. The van der Waals surface area contributed by atoms with E-state index in [0.717, 1.165) is 6.42 Å². The number of fused-ring (bicyclic) bond motifs is 1. The minimum Gasteiger partial charge on any atom is -0.444 e. The van der Waals surface area contributed by atoms with Gasteiger partial charge in [-0.2, -0.15) is 13.8 Å². The Morgan fingerprint density at radius 1 is 1.20 bits per heavy atom. The van der Waals surface area contributed by atoms with E-state index in [1.54, 1.807) is 4.90 Å². The van der Waals surface area contributed by atoms with E-state index >= 15 is 0 Å². The Labute approximate surface area is 177 Å². The Morgan fingerprint density at radius 2 is 1.87 bits per heavy atom. The summed E-state index contributed by atoms with van der Waals surface area (Å²) in [5.41, 5.74) is -0.182. The van der Waals surface area contributed by atoms with Crippen molar-refractivity contribution in [2.45, 2.75) is 65.4 Å². The fourth-order valence-electron chi connectivity index (χ4n) is 3.65. The summed E-state index contributed by atoms with van der Waals surface area (Å²) in [6.07, 6.45) is 0.575. The molecule has 0 radical (unpaired) electrons. The highest BCUT2D eigenvalue weighted by molar-refractivity contribution is 5.68. The third-order valence-corrected chi connectivity index (χ3v) is 5.26. The molecule has 1 fully saturated rings. The Bertz CT molecular complexity index is 771. The molecule has 0 atom stereocenters. The molecule has 0 saturated carbocycles. The number of ether oxygens (including phenoxy) is 1. The highest BCUT2D eigenvalue weighted by atomic mass is 19.3. The second-order valence-corrected chi connectivity index (χ2v) is 9.47. The second kappa shape index (κ2) is 8.51. The Kier molecular flexibility index (Phi) is 6.38. The zero-order valence-electron chi connectivity index (χ0n) is 18.6. The number of rotatable bonds is 5. The Balaban J connectivity index is 1.75. The highest BCUT2D eigenvalue weighted by Gasteiger charge is 2.44. The molecule has 0 bridgehead atoms. The van der Waals surface area contributed by atoms with Crippen LogP contribution < -0.4 is 10.2 Å². The summed E-state index contributed by atoms with van der Waals surface area (Å²) in [6.45, 7) is 12.3. The van der Waals surface area contributed by atoms with E-state index in [0.29, 0.717) is 50.0 Å². The fourth-order valence-corrected chi connectivity index (χ4v) is 3.65. The SMILES string of the molecule is CC(C)CCNc1nc(N2CCN(C(=O)OC(C)(C)C)CC2)c2c(n1)C(F)(F)CC2. The van der Waals surface area contributed by atoms with Crippen LogP contribution in [0.1, 0.15) is 58.7 Å². The predicted molar refractivity (Wildman–Crippen MR) is 112 cm³/mol. The van der Waals surface area contributed by atoms with Gasteiger partial charge in [0.25, 0.3) is 5.92 Å². The van der Waals surface area contributed by atoms with E-state index in [1.165, 1.54) is 0 Å². The maximum atomic E-state index is 14.4. The lowest BCUT2D eigenvalue weighted by Gasteiger charge is -2.36. The third kappa shape index (κ3) is 5.29. The third-order valence-electron chi connectivity index (χ3n) is 5.26. The van der Waals surface area contributed by atoms with Gasteiger partial charge in [-0.05, 0) is 39.5 Å². The van der Waals surface area contributed by atoms with Crippen molar-refractivity contribution in [3.8, 4) is 0 Å². The lowest BCUT2D eigenvalue weighted by atomic mass is 10.1. The first-order chi connectivity index (χ1) is 14.0. The molecule has 9 heteroatoms. The van der Waals surface area contributed by atoms with Crippen LogP contribution in [0.15, 0.2) is 0 Å². The molecule has 7 nitrogen and oxygen atoms in total. The molecule has 1 amide bonds. The summed E-state index contributed by atoms with van der Waals surface area (Å²) in [7, 11) is 0. The highest BCUT2D eigenvalue weighted by Crippen LogP contribution is 2.44. The standard InChI is InChI=1S/C21H33F2N5O2/c1-14(2)7-9-24-18-25-16-15(6-8-21(16,22)23)17(26-18)27-10-12-28(13-11-27)19(29)30-20(3,4)5/h14H,6-13H2,1-5H3,(H,24,25,26). The van der Waals surface area contributed by atoms with Gasteiger partial charge in [0.15, 0.2) is 0 Å². The molecular formula is C21H33F2N5O2. The van der Waals surface area contributed by atoms with E-state index in [1.807, 2.05) is 25.7 Å². The number of nitrogens with zero attached hydrogens (tertiary/aromatic N) is 4. The predicted octanol–water partition coefficient (Wildman–Crippen LogP) is 4.03. The van der Waals surface area contributed by atoms with Crippen LogP contribution in [0.5, 0.6) is 0 Å². The van der Waals surface area contributed by atoms with Crippen molar-refractivity contribution in [2.75, 3.05) is 42.9 Å². The average Bonchev–Trinajstić information content (AvgIpc) is 2.95. The van der Waals surface area contributed by atoms with Crippen LogP contribution in [0.2, 0.25) is 0 Å². The average molecular weight is 426 g/mol. The van der Waals surface area contributed by atoms with Gasteiger partial charge in [-0.15, -0.1) is 0 Å². The van der Waals surface area contributed by atoms with Crippen LogP contribution in [0.3, 0.4) is 0 Å². The van der Waals surface area contributed by atoms with Crippen LogP contribution in [-0.4, -0.2) is 59.3 Å². The van der Waals surface area contributed by atoms with Gasteiger partial charge < -0.3 is 19.9 Å². The monoisotopic (exact) mass is 425 g/mol. The number of hydrogen-bond acceptors (Lipinski definition) is 6. The van der Waals surface area contributed by atoms with Gasteiger partial charge in [0.2, 0.25) is 5.95 Å². The van der Waals surface area contributed by atoms with E-state index < -0.39 is 11.5 Å². The molecule has 1 N–H and O–H groups in total. The van der Waals surface area contributed by atoms with Crippen LogP contribution in [0, 0.1) is 5.92 Å². The number of hydrogen-bond donors (Lipinski definition) is 1.